The largest absolute Gasteiger partial charge is 0.493 e. The molecule has 2 amide bonds. The molecule has 2 aromatic rings. The van der Waals surface area contributed by atoms with Crippen LogP contribution in [0.25, 0.3) is 0 Å². The number of hydrogen-bond acceptors (Lipinski definition) is 5. The Morgan fingerprint density at radius 2 is 1.76 bits per heavy atom. The van der Waals surface area contributed by atoms with E-state index >= 15 is 0 Å². The van der Waals surface area contributed by atoms with Gasteiger partial charge in [0.1, 0.15) is 0 Å². The van der Waals surface area contributed by atoms with Gasteiger partial charge in [0.25, 0.3) is 0 Å². The molecule has 2 aromatic carbocycles. The summed E-state index contributed by atoms with van der Waals surface area (Å²) in [5.41, 5.74) is 2.79. The van der Waals surface area contributed by atoms with E-state index in [0.717, 1.165) is 11.1 Å². The molecule has 1 heterocycles. The highest BCUT2D eigenvalue weighted by atomic mass is 16.5. The second kappa shape index (κ2) is 8.86. The van der Waals surface area contributed by atoms with Crippen molar-refractivity contribution in [3.05, 3.63) is 47.5 Å². The van der Waals surface area contributed by atoms with E-state index in [0.29, 0.717) is 36.0 Å². The molecular weight excluding hydrogens is 372 g/mol. The van der Waals surface area contributed by atoms with Crippen molar-refractivity contribution in [2.45, 2.75) is 19.9 Å². The molecule has 1 atom stereocenters. The van der Waals surface area contributed by atoms with Crippen molar-refractivity contribution in [2.75, 3.05) is 32.8 Å². The Morgan fingerprint density at radius 1 is 1.10 bits per heavy atom. The van der Waals surface area contributed by atoms with Gasteiger partial charge < -0.3 is 24.4 Å². The number of nitrogens with zero attached hydrogens (tertiary/aromatic N) is 1. The first kappa shape index (κ1) is 20.5. The van der Waals surface area contributed by atoms with Gasteiger partial charge in [-0.2, -0.15) is 0 Å². The fourth-order valence-electron chi connectivity index (χ4n) is 3.49. The smallest absolute Gasteiger partial charge is 0.227 e. The molecule has 0 spiro atoms. The fourth-order valence-corrected chi connectivity index (χ4v) is 3.49. The number of aryl methyl sites for hydroxylation is 1. The Labute approximate surface area is 170 Å². The molecule has 0 bridgehead atoms. The van der Waals surface area contributed by atoms with Gasteiger partial charge in [-0.1, -0.05) is 24.3 Å². The average Bonchev–Trinajstić information content (AvgIpc) is 3.13. The van der Waals surface area contributed by atoms with Crippen molar-refractivity contribution in [3.8, 4) is 17.2 Å². The SMILES string of the molecule is COc1cc(N2CC(C(=O)NCc3ccccc3C)CC2=O)cc(OC)c1OC. The molecule has 7 nitrogen and oxygen atoms in total. The zero-order valence-electron chi connectivity index (χ0n) is 17.2. The molecule has 1 saturated heterocycles. The van der Waals surface area contributed by atoms with Gasteiger partial charge in [0, 0.05) is 31.6 Å². The number of anilines is 1. The predicted molar refractivity (Wildman–Crippen MR) is 110 cm³/mol. The van der Waals surface area contributed by atoms with Crippen LogP contribution >= 0.6 is 0 Å². The molecule has 1 aliphatic rings. The molecule has 29 heavy (non-hydrogen) atoms. The molecule has 3 rings (SSSR count). The first-order chi connectivity index (χ1) is 14.0. The molecular formula is C22H26N2O5. The van der Waals surface area contributed by atoms with Crippen LogP contribution in [-0.2, 0) is 16.1 Å². The van der Waals surface area contributed by atoms with E-state index in [4.69, 9.17) is 14.2 Å². The molecule has 1 aliphatic heterocycles. The Hall–Kier alpha value is -3.22. The second-order valence-electron chi connectivity index (χ2n) is 6.93. The number of rotatable bonds is 7. The van der Waals surface area contributed by atoms with Gasteiger partial charge >= 0.3 is 0 Å². The van der Waals surface area contributed by atoms with E-state index in [2.05, 4.69) is 5.32 Å². The lowest BCUT2D eigenvalue weighted by Crippen LogP contribution is -2.32. The summed E-state index contributed by atoms with van der Waals surface area (Å²) in [6.07, 6.45) is 0.163. The maximum Gasteiger partial charge on any atom is 0.227 e. The van der Waals surface area contributed by atoms with Crippen molar-refractivity contribution in [3.63, 3.8) is 0 Å². The van der Waals surface area contributed by atoms with Crippen molar-refractivity contribution in [2.24, 2.45) is 5.92 Å². The minimum Gasteiger partial charge on any atom is -0.493 e. The zero-order chi connectivity index (χ0) is 21.0. The monoisotopic (exact) mass is 398 g/mol. The van der Waals surface area contributed by atoms with Crippen LogP contribution in [0.3, 0.4) is 0 Å². The molecule has 0 saturated carbocycles. The van der Waals surface area contributed by atoms with Gasteiger partial charge in [0.05, 0.1) is 32.9 Å². The normalized spacial score (nSPS) is 15.9. The van der Waals surface area contributed by atoms with Crippen LogP contribution in [0.4, 0.5) is 5.69 Å². The summed E-state index contributed by atoms with van der Waals surface area (Å²) in [4.78, 5) is 26.8. The number of amides is 2. The summed E-state index contributed by atoms with van der Waals surface area (Å²) in [5, 5.41) is 2.95. The number of nitrogens with one attached hydrogen (secondary N) is 1. The number of methoxy groups -OCH3 is 3. The van der Waals surface area contributed by atoms with Crippen molar-refractivity contribution >= 4 is 17.5 Å². The number of carbonyl (C=O) groups is 2. The average molecular weight is 398 g/mol. The maximum absolute atomic E-state index is 12.6. The highest BCUT2D eigenvalue weighted by Crippen LogP contribution is 2.42. The van der Waals surface area contributed by atoms with Crippen LogP contribution in [-0.4, -0.2) is 39.7 Å². The lowest BCUT2D eigenvalue weighted by Gasteiger charge is -2.20. The lowest BCUT2D eigenvalue weighted by molar-refractivity contribution is -0.126. The molecule has 0 aliphatic carbocycles. The van der Waals surface area contributed by atoms with E-state index in [1.165, 1.54) is 21.3 Å². The highest BCUT2D eigenvalue weighted by molar-refractivity contribution is 6.00. The van der Waals surface area contributed by atoms with E-state index in [1.54, 1.807) is 17.0 Å². The van der Waals surface area contributed by atoms with Crippen LogP contribution in [0, 0.1) is 12.8 Å². The van der Waals surface area contributed by atoms with E-state index in [9.17, 15) is 9.59 Å². The third-order valence-corrected chi connectivity index (χ3v) is 5.17. The second-order valence-corrected chi connectivity index (χ2v) is 6.93. The Bertz CT molecular complexity index is 887. The third-order valence-electron chi connectivity index (χ3n) is 5.17. The van der Waals surface area contributed by atoms with Crippen LogP contribution in [0.15, 0.2) is 36.4 Å². The minimum absolute atomic E-state index is 0.115. The first-order valence-electron chi connectivity index (χ1n) is 9.41. The van der Waals surface area contributed by atoms with Crippen molar-refractivity contribution in [1.29, 1.82) is 0 Å². The van der Waals surface area contributed by atoms with E-state index in [-0.39, 0.29) is 18.2 Å². The van der Waals surface area contributed by atoms with Gasteiger partial charge in [0.2, 0.25) is 17.6 Å². The minimum atomic E-state index is -0.411. The summed E-state index contributed by atoms with van der Waals surface area (Å²) in [5.74, 6) is 0.722. The number of benzene rings is 2. The predicted octanol–water partition coefficient (Wildman–Crippen LogP) is 2.69. The summed E-state index contributed by atoms with van der Waals surface area (Å²) >= 11 is 0. The molecule has 0 radical (unpaired) electrons. The van der Waals surface area contributed by atoms with Crippen molar-refractivity contribution < 1.29 is 23.8 Å². The van der Waals surface area contributed by atoms with Crippen LogP contribution < -0.4 is 24.4 Å². The summed E-state index contributed by atoms with van der Waals surface area (Å²) < 4.78 is 16.1. The molecule has 1 unspecified atom stereocenters. The maximum atomic E-state index is 12.6. The van der Waals surface area contributed by atoms with Gasteiger partial charge in [-0.05, 0) is 18.1 Å². The highest BCUT2D eigenvalue weighted by Gasteiger charge is 2.36. The summed E-state index contributed by atoms with van der Waals surface area (Å²) in [6.45, 7) is 2.75. The van der Waals surface area contributed by atoms with E-state index < -0.39 is 5.92 Å². The molecule has 1 N–H and O–H groups in total. The third kappa shape index (κ3) is 4.29. The first-order valence-corrected chi connectivity index (χ1v) is 9.41. The van der Waals surface area contributed by atoms with Crippen LogP contribution in [0.5, 0.6) is 17.2 Å². The fraction of sp³-hybridized carbons (Fsp3) is 0.364. The quantitative estimate of drug-likeness (QED) is 0.776. The molecule has 1 fully saturated rings. The summed E-state index contributed by atoms with van der Waals surface area (Å²) in [7, 11) is 4.57. The topological polar surface area (TPSA) is 77.1 Å². The van der Waals surface area contributed by atoms with Gasteiger partial charge in [-0.25, -0.2) is 0 Å². The van der Waals surface area contributed by atoms with Gasteiger partial charge in [-0.15, -0.1) is 0 Å². The number of carbonyl (C=O) groups excluding carboxylic acids is 2. The van der Waals surface area contributed by atoms with Gasteiger partial charge in [-0.3, -0.25) is 9.59 Å². The number of hydrogen-bond donors (Lipinski definition) is 1. The van der Waals surface area contributed by atoms with Gasteiger partial charge in [0.15, 0.2) is 11.5 Å². The Kier molecular flexibility index (Phi) is 6.26. The van der Waals surface area contributed by atoms with E-state index in [1.807, 2.05) is 31.2 Å². The Balaban J connectivity index is 1.73. The van der Waals surface area contributed by atoms with Crippen LogP contribution in [0.1, 0.15) is 17.5 Å². The zero-order valence-corrected chi connectivity index (χ0v) is 17.2. The molecule has 154 valence electrons. The van der Waals surface area contributed by atoms with Crippen LogP contribution in [0.2, 0.25) is 0 Å². The molecule has 0 aromatic heterocycles. The lowest BCUT2D eigenvalue weighted by atomic mass is 10.1. The standard InChI is InChI=1S/C22H26N2O5/c1-14-7-5-6-8-15(14)12-23-22(26)16-9-20(25)24(13-16)17-10-18(27-2)21(29-4)19(11-17)28-3/h5-8,10-11,16H,9,12-13H2,1-4H3,(H,23,26). The summed E-state index contributed by atoms with van der Waals surface area (Å²) in [6, 6.07) is 11.3. The Morgan fingerprint density at radius 3 is 2.34 bits per heavy atom. The molecule has 7 heteroatoms. The van der Waals surface area contributed by atoms with Crippen molar-refractivity contribution in [1.82, 2.24) is 5.32 Å². The number of ether oxygens (including phenoxy) is 3.